The van der Waals surface area contributed by atoms with Gasteiger partial charge in [0, 0.05) is 11.6 Å². The molecule has 1 aromatic heterocycles. The summed E-state index contributed by atoms with van der Waals surface area (Å²) in [5.41, 5.74) is 2.03. The van der Waals surface area contributed by atoms with Crippen molar-refractivity contribution in [2.75, 3.05) is 13.7 Å². The molecule has 25 heavy (non-hydrogen) atoms. The standard InChI is InChI=1S/C19H17FN2O3/c1-3-25-19(23)17-12-18(13-6-4-7-14(20)10-13)22(21-17)15-8-5-9-16(11-15)24-2/h4-12H,3H2,1-2H3. The second-order valence-electron chi connectivity index (χ2n) is 5.26. The van der Waals surface area contributed by atoms with Gasteiger partial charge in [-0.25, -0.2) is 13.9 Å². The minimum Gasteiger partial charge on any atom is -0.497 e. The van der Waals surface area contributed by atoms with Gasteiger partial charge >= 0.3 is 5.97 Å². The molecule has 0 saturated carbocycles. The number of nitrogens with zero attached hydrogens (tertiary/aromatic N) is 2. The normalized spacial score (nSPS) is 10.5. The van der Waals surface area contributed by atoms with Crippen LogP contribution in [0.4, 0.5) is 4.39 Å². The number of halogens is 1. The summed E-state index contributed by atoms with van der Waals surface area (Å²) in [4.78, 5) is 12.1. The summed E-state index contributed by atoms with van der Waals surface area (Å²) in [6.45, 7) is 1.98. The number of ether oxygens (including phenoxy) is 2. The van der Waals surface area contributed by atoms with E-state index in [1.54, 1.807) is 49.0 Å². The molecule has 0 unspecified atom stereocenters. The first-order valence-corrected chi connectivity index (χ1v) is 7.80. The molecule has 5 nitrogen and oxygen atoms in total. The third-order valence-corrected chi connectivity index (χ3v) is 3.61. The zero-order chi connectivity index (χ0) is 17.8. The Morgan fingerprint density at radius 1 is 1.16 bits per heavy atom. The van der Waals surface area contributed by atoms with Gasteiger partial charge in [-0.05, 0) is 37.3 Å². The maximum atomic E-state index is 13.7. The van der Waals surface area contributed by atoms with Crippen molar-refractivity contribution in [1.29, 1.82) is 0 Å². The third kappa shape index (κ3) is 3.52. The number of hydrogen-bond acceptors (Lipinski definition) is 4. The zero-order valence-corrected chi connectivity index (χ0v) is 13.9. The van der Waals surface area contributed by atoms with Crippen molar-refractivity contribution in [3.05, 3.63) is 66.1 Å². The van der Waals surface area contributed by atoms with Crippen molar-refractivity contribution >= 4 is 5.97 Å². The lowest BCUT2D eigenvalue weighted by molar-refractivity contribution is 0.0519. The molecule has 0 aliphatic carbocycles. The fraction of sp³-hybridized carbons (Fsp3) is 0.158. The van der Waals surface area contributed by atoms with Gasteiger partial charge in [0.05, 0.1) is 25.1 Å². The number of carbonyl (C=O) groups excluding carboxylic acids is 1. The highest BCUT2D eigenvalue weighted by Crippen LogP contribution is 2.26. The number of rotatable bonds is 5. The average Bonchev–Trinajstić information content (AvgIpc) is 3.07. The molecule has 0 aliphatic heterocycles. The van der Waals surface area contributed by atoms with E-state index < -0.39 is 5.97 Å². The number of methoxy groups -OCH3 is 1. The molecule has 2 aromatic carbocycles. The highest BCUT2D eigenvalue weighted by atomic mass is 19.1. The Hall–Kier alpha value is -3.15. The van der Waals surface area contributed by atoms with Crippen molar-refractivity contribution in [2.45, 2.75) is 6.92 Å². The van der Waals surface area contributed by atoms with Gasteiger partial charge in [-0.1, -0.05) is 18.2 Å². The van der Waals surface area contributed by atoms with Gasteiger partial charge in [-0.3, -0.25) is 0 Å². The molecule has 6 heteroatoms. The summed E-state index contributed by atoms with van der Waals surface area (Å²) in [7, 11) is 1.57. The number of esters is 1. The average molecular weight is 340 g/mol. The first-order chi connectivity index (χ1) is 12.1. The van der Waals surface area contributed by atoms with E-state index in [-0.39, 0.29) is 18.1 Å². The Morgan fingerprint density at radius 3 is 2.68 bits per heavy atom. The quantitative estimate of drug-likeness (QED) is 0.662. The molecule has 0 bridgehead atoms. The summed E-state index contributed by atoms with van der Waals surface area (Å²) in [6, 6.07) is 14.9. The predicted molar refractivity (Wildman–Crippen MR) is 91.5 cm³/mol. The van der Waals surface area contributed by atoms with E-state index in [4.69, 9.17) is 9.47 Å². The molecule has 0 fully saturated rings. The second kappa shape index (κ2) is 7.17. The Labute approximate surface area is 144 Å². The van der Waals surface area contributed by atoms with E-state index in [0.717, 1.165) is 0 Å². The highest BCUT2D eigenvalue weighted by molar-refractivity contribution is 5.89. The molecule has 0 radical (unpaired) electrons. The summed E-state index contributed by atoms with van der Waals surface area (Å²) >= 11 is 0. The summed E-state index contributed by atoms with van der Waals surface area (Å²) in [5.74, 6) is -0.244. The van der Waals surface area contributed by atoms with E-state index in [2.05, 4.69) is 5.10 Å². The van der Waals surface area contributed by atoms with Crippen LogP contribution < -0.4 is 4.74 Å². The van der Waals surface area contributed by atoms with Crippen LogP contribution in [-0.2, 0) is 4.74 Å². The van der Waals surface area contributed by atoms with Gasteiger partial charge in [0.2, 0.25) is 0 Å². The molecule has 3 rings (SSSR count). The fourth-order valence-electron chi connectivity index (χ4n) is 2.48. The Bertz CT molecular complexity index is 905. The van der Waals surface area contributed by atoms with Gasteiger partial charge < -0.3 is 9.47 Å². The van der Waals surface area contributed by atoms with E-state index in [9.17, 15) is 9.18 Å². The minimum atomic E-state index is -0.526. The van der Waals surface area contributed by atoms with Crippen molar-refractivity contribution < 1.29 is 18.7 Å². The van der Waals surface area contributed by atoms with Gasteiger partial charge in [0.15, 0.2) is 5.69 Å². The molecule has 1 heterocycles. The van der Waals surface area contributed by atoms with Crippen LogP contribution in [0.1, 0.15) is 17.4 Å². The third-order valence-electron chi connectivity index (χ3n) is 3.61. The van der Waals surface area contributed by atoms with Crippen LogP contribution in [0.3, 0.4) is 0 Å². The number of hydrogen-bond donors (Lipinski definition) is 0. The van der Waals surface area contributed by atoms with E-state index in [0.29, 0.717) is 22.7 Å². The van der Waals surface area contributed by atoms with E-state index >= 15 is 0 Å². The van der Waals surface area contributed by atoms with E-state index in [1.165, 1.54) is 12.1 Å². The van der Waals surface area contributed by atoms with Crippen LogP contribution >= 0.6 is 0 Å². The Kier molecular flexibility index (Phi) is 4.79. The van der Waals surface area contributed by atoms with Crippen LogP contribution in [0.25, 0.3) is 16.9 Å². The molecule has 0 aliphatic rings. The summed E-state index contributed by atoms with van der Waals surface area (Å²) < 4.78 is 25.5. The maximum Gasteiger partial charge on any atom is 0.358 e. The summed E-state index contributed by atoms with van der Waals surface area (Å²) in [6.07, 6.45) is 0. The molecule has 0 saturated heterocycles. The number of aromatic nitrogens is 2. The van der Waals surface area contributed by atoms with E-state index in [1.807, 2.05) is 12.1 Å². The van der Waals surface area contributed by atoms with Crippen molar-refractivity contribution in [1.82, 2.24) is 9.78 Å². The molecule has 0 atom stereocenters. The fourth-order valence-corrected chi connectivity index (χ4v) is 2.48. The molecule has 3 aromatic rings. The Balaban J connectivity index is 2.16. The Morgan fingerprint density at radius 2 is 1.96 bits per heavy atom. The van der Waals surface area contributed by atoms with Gasteiger partial charge in [0.25, 0.3) is 0 Å². The van der Waals surface area contributed by atoms with Gasteiger partial charge in [0.1, 0.15) is 11.6 Å². The predicted octanol–water partition coefficient (Wildman–Crippen LogP) is 3.86. The maximum absolute atomic E-state index is 13.7. The second-order valence-corrected chi connectivity index (χ2v) is 5.26. The SMILES string of the molecule is CCOC(=O)c1cc(-c2cccc(F)c2)n(-c2cccc(OC)c2)n1. The largest absolute Gasteiger partial charge is 0.497 e. The van der Waals surface area contributed by atoms with Crippen LogP contribution in [0.2, 0.25) is 0 Å². The van der Waals surface area contributed by atoms with Crippen LogP contribution in [0.5, 0.6) is 5.75 Å². The van der Waals surface area contributed by atoms with Crippen LogP contribution in [0.15, 0.2) is 54.6 Å². The lowest BCUT2D eigenvalue weighted by Crippen LogP contribution is -2.07. The summed E-state index contributed by atoms with van der Waals surface area (Å²) in [5, 5.41) is 4.34. The van der Waals surface area contributed by atoms with Crippen LogP contribution in [-0.4, -0.2) is 29.5 Å². The van der Waals surface area contributed by atoms with Crippen molar-refractivity contribution in [3.63, 3.8) is 0 Å². The molecule has 0 N–H and O–H groups in total. The van der Waals surface area contributed by atoms with Crippen LogP contribution in [0, 0.1) is 5.82 Å². The lowest BCUT2D eigenvalue weighted by atomic mass is 10.1. The number of carbonyl (C=O) groups is 1. The van der Waals surface area contributed by atoms with Crippen molar-refractivity contribution in [3.8, 4) is 22.7 Å². The first-order valence-electron chi connectivity index (χ1n) is 7.80. The lowest BCUT2D eigenvalue weighted by Gasteiger charge is -2.09. The molecule has 0 spiro atoms. The minimum absolute atomic E-state index is 0.156. The van der Waals surface area contributed by atoms with Gasteiger partial charge in [-0.15, -0.1) is 0 Å². The molecule has 128 valence electrons. The zero-order valence-electron chi connectivity index (χ0n) is 13.9. The monoisotopic (exact) mass is 340 g/mol. The molecular formula is C19H17FN2O3. The van der Waals surface area contributed by atoms with Gasteiger partial charge in [-0.2, -0.15) is 5.10 Å². The smallest absolute Gasteiger partial charge is 0.358 e. The molecule has 0 amide bonds. The molecular weight excluding hydrogens is 323 g/mol. The highest BCUT2D eigenvalue weighted by Gasteiger charge is 2.18. The number of benzene rings is 2. The topological polar surface area (TPSA) is 53.4 Å². The van der Waals surface area contributed by atoms with Crippen molar-refractivity contribution in [2.24, 2.45) is 0 Å². The first kappa shape index (κ1) is 16.7.